The summed E-state index contributed by atoms with van der Waals surface area (Å²) in [5.74, 6) is 0. The fourth-order valence-electron chi connectivity index (χ4n) is 1.96. The van der Waals surface area contributed by atoms with Crippen molar-refractivity contribution in [1.82, 2.24) is 4.98 Å². The summed E-state index contributed by atoms with van der Waals surface area (Å²) in [5.41, 5.74) is 8.31. The summed E-state index contributed by atoms with van der Waals surface area (Å²) in [6.07, 6.45) is 3.76. The molecule has 1 aromatic carbocycles. The highest BCUT2D eigenvalue weighted by Gasteiger charge is 2.05. The third kappa shape index (κ3) is 2.22. The molecule has 2 N–H and O–H groups in total. The van der Waals surface area contributed by atoms with Crippen LogP contribution in [-0.4, -0.2) is 11.0 Å². The molecule has 1 aromatic heterocycles. The van der Waals surface area contributed by atoms with Crippen LogP contribution in [0.1, 0.15) is 25.1 Å². The van der Waals surface area contributed by atoms with Gasteiger partial charge in [0.1, 0.15) is 0 Å². The van der Waals surface area contributed by atoms with Crippen LogP contribution in [-0.2, 0) is 12.8 Å². The van der Waals surface area contributed by atoms with Gasteiger partial charge >= 0.3 is 0 Å². The van der Waals surface area contributed by atoms with Crippen molar-refractivity contribution in [2.75, 3.05) is 0 Å². The lowest BCUT2D eigenvalue weighted by molar-refractivity contribution is 0.727. The zero-order valence-corrected chi connectivity index (χ0v) is 9.90. The van der Waals surface area contributed by atoms with E-state index in [0.717, 1.165) is 18.5 Å². The average molecular weight is 214 g/mol. The Morgan fingerprint density at radius 1 is 1.31 bits per heavy atom. The Morgan fingerprint density at radius 2 is 2.12 bits per heavy atom. The Hall–Kier alpha value is -1.41. The maximum absolute atomic E-state index is 5.85. The number of nitrogens with two attached hydrogens (primary N) is 1. The van der Waals surface area contributed by atoms with Crippen molar-refractivity contribution >= 4 is 10.8 Å². The number of pyridine rings is 1. The summed E-state index contributed by atoms with van der Waals surface area (Å²) >= 11 is 0. The van der Waals surface area contributed by atoms with Crippen molar-refractivity contribution in [2.24, 2.45) is 5.73 Å². The second-order valence-electron chi connectivity index (χ2n) is 4.35. The van der Waals surface area contributed by atoms with Crippen molar-refractivity contribution in [1.29, 1.82) is 0 Å². The Balaban J connectivity index is 2.55. The van der Waals surface area contributed by atoms with E-state index < -0.39 is 0 Å². The van der Waals surface area contributed by atoms with Crippen LogP contribution in [0.25, 0.3) is 10.8 Å². The smallest absolute Gasteiger partial charge is 0.0497 e. The van der Waals surface area contributed by atoms with E-state index in [-0.39, 0.29) is 6.04 Å². The number of hydrogen-bond donors (Lipinski definition) is 1. The van der Waals surface area contributed by atoms with Gasteiger partial charge < -0.3 is 5.73 Å². The molecule has 0 fully saturated rings. The molecule has 0 spiro atoms. The van der Waals surface area contributed by atoms with Crippen LogP contribution in [0.3, 0.4) is 0 Å². The van der Waals surface area contributed by atoms with E-state index in [9.17, 15) is 0 Å². The molecule has 84 valence electrons. The van der Waals surface area contributed by atoms with Crippen LogP contribution in [0, 0.1) is 0 Å². The molecule has 0 aliphatic rings. The normalized spacial score (nSPS) is 12.9. The highest BCUT2D eigenvalue weighted by molar-refractivity contribution is 5.85. The van der Waals surface area contributed by atoms with Crippen LogP contribution in [0.15, 0.2) is 30.5 Å². The number of hydrogen-bond acceptors (Lipinski definition) is 2. The van der Waals surface area contributed by atoms with E-state index in [0.29, 0.717) is 0 Å². The third-order valence-corrected chi connectivity index (χ3v) is 2.84. The number of fused-ring (bicyclic) bond motifs is 1. The molecule has 2 aromatic rings. The van der Waals surface area contributed by atoms with Gasteiger partial charge in [-0.25, -0.2) is 0 Å². The molecular weight excluding hydrogens is 196 g/mol. The molecule has 2 rings (SSSR count). The van der Waals surface area contributed by atoms with E-state index in [1.165, 1.54) is 16.3 Å². The third-order valence-electron chi connectivity index (χ3n) is 2.84. The van der Waals surface area contributed by atoms with Crippen molar-refractivity contribution < 1.29 is 0 Å². The zero-order valence-electron chi connectivity index (χ0n) is 9.90. The van der Waals surface area contributed by atoms with Crippen molar-refractivity contribution in [3.05, 3.63) is 41.7 Å². The van der Waals surface area contributed by atoms with Gasteiger partial charge in [-0.05, 0) is 36.4 Å². The van der Waals surface area contributed by atoms with Gasteiger partial charge in [0.05, 0.1) is 0 Å². The highest BCUT2D eigenvalue weighted by Crippen LogP contribution is 2.19. The maximum atomic E-state index is 5.85. The summed E-state index contributed by atoms with van der Waals surface area (Å²) in [6.45, 7) is 4.19. The molecule has 0 radical (unpaired) electrons. The predicted octanol–water partition coefficient (Wildman–Crippen LogP) is 2.69. The van der Waals surface area contributed by atoms with Gasteiger partial charge in [-0.3, -0.25) is 4.98 Å². The van der Waals surface area contributed by atoms with Crippen LogP contribution < -0.4 is 5.73 Å². The molecule has 0 aliphatic heterocycles. The van der Waals surface area contributed by atoms with E-state index in [2.05, 4.69) is 36.2 Å². The zero-order chi connectivity index (χ0) is 11.5. The number of aryl methyl sites for hydroxylation is 1. The van der Waals surface area contributed by atoms with Crippen molar-refractivity contribution in [3.8, 4) is 0 Å². The number of rotatable bonds is 3. The van der Waals surface area contributed by atoms with E-state index in [4.69, 9.17) is 5.73 Å². The fraction of sp³-hybridized carbons (Fsp3) is 0.357. The Labute approximate surface area is 96.5 Å². The second kappa shape index (κ2) is 4.62. The van der Waals surface area contributed by atoms with Crippen molar-refractivity contribution in [3.63, 3.8) is 0 Å². The summed E-state index contributed by atoms with van der Waals surface area (Å²) < 4.78 is 0. The lowest BCUT2D eigenvalue weighted by atomic mass is 10.0. The lowest BCUT2D eigenvalue weighted by Gasteiger charge is -2.09. The predicted molar refractivity (Wildman–Crippen MR) is 68.5 cm³/mol. The first-order valence-corrected chi connectivity index (χ1v) is 5.82. The Morgan fingerprint density at radius 3 is 2.81 bits per heavy atom. The molecule has 0 amide bonds. The minimum Gasteiger partial charge on any atom is -0.328 e. The minimum atomic E-state index is 0.156. The Kier molecular flexibility index (Phi) is 3.20. The molecule has 1 atom stereocenters. The molecule has 16 heavy (non-hydrogen) atoms. The number of aromatic nitrogens is 1. The number of benzene rings is 1. The topological polar surface area (TPSA) is 38.9 Å². The van der Waals surface area contributed by atoms with Gasteiger partial charge in [0.15, 0.2) is 0 Å². The standard InChI is InChI=1S/C14H18N2/c1-3-11-4-5-12-6-7-16-14(8-10(2)15)13(12)9-11/h4-7,9-10H,3,8,15H2,1-2H3. The van der Waals surface area contributed by atoms with Gasteiger partial charge in [-0.1, -0.05) is 19.1 Å². The van der Waals surface area contributed by atoms with E-state index >= 15 is 0 Å². The molecule has 0 saturated heterocycles. The van der Waals surface area contributed by atoms with Crippen molar-refractivity contribution in [2.45, 2.75) is 32.7 Å². The largest absolute Gasteiger partial charge is 0.328 e. The van der Waals surface area contributed by atoms with Gasteiger partial charge in [0.2, 0.25) is 0 Å². The first kappa shape index (κ1) is 11.1. The minimum absolute atomic E-state index is 0.156. The SMILES string of the molecule is CCc1ccc2ccnc(CC(C)N)c2c1. The van der Waals surface area contributed by atoms with Crippen LogP contribution >= 0.6 is 0 Å². The summed E-state index contributed by atoms with van der Waals surface area (Å²) in [7, 11) is 0. The second-order valence-corrected chi connectivity index (χ2v) is 4.35. The lowest BCUT2D eigenvalue weighted by Crippen LogP contribution is -2.18. The number of nitrogens with zero attached hydrogens (tertiary/aromatic N) is 1. The van der Waals surface area contributed by atoms with Crippen LogP contribution in [0.5, 0.6) is 0 Å². The van der Waals surface area contributed by atoms with E-state index in [1.807, 2.05) is 13.1 Å². The van der Waals surface area contributed by atoms with Gasteiger partial charge in [0, 0.05) is 29.7 Å². The Bertz CT molecular complexity index is 489. The molecule has 2 heteroatoms. The molecule has 0 saturated carbocycles. The highest BCUT2D eigenvalue weighted by atomic mass is 14.7. The summed E-state index contributed by atoms with van der Waals surface area (Å²) in [6, 6.07) is 8.79. The van der Waals surface area contributed by atoms with Crippen LogP contribution in [0.4, 0.5) is 0 Å². The van der Waals surface area contributed by atoms with Gasteiger partial charge in [-0.2, -0.15) is 0 Å². The monoisotopic (exact) mass is 214 g/mol. The van der Waals surface area contributed by atoms with Crippen LogP contribution in [0.2, 0.25) is 0 Å². The average Bonchev–Trinajstić information content (AvgIpc) is 2.28. The first-order valence-electron chi connectivity index (χ1n) is 5.82. The first-order chi connectivity index (χ1) is 7.70. The quantitative estimate of drug-likeness (QED) is 0.853. The summed E-state index contributed by atoms with van der Waals surface area (Å²) in [5, 5.41) is 2.50. The molecule has 2 nitrogen and oxygen atoms in total. The molecule has 0 aliphatic carbocycles. The molecule has 1 heterocycles. The van der Waals surface area contributed by atoms with Gasteiger partial charge in [0.25, 0.3) is 0 Å². The fourth-order valence-corrected chi connectivity index (χ4v) is 1.96. The van der Waals surface area contributed by atoms with E-state index in [1.54, 1.807) is 0 Å². The van der Waals surface area contributed by atoms with Gasteiger partial charge in [-0.15, -0.1) is 0 Å². The molecular formula is C14H18N2. The molecule has 0 bridgehead atoms. The molecule has 1 unspecified atom stereocenters. The maximum Gasteiger partial charge on any atom is 0.0497 e. The summed E-state index contributed by atoms with van der Waals surface area (Å²) in [4.78, 5) is 4.44.